The number of anilines is 1. The van der Waals surface area contributed by atoms with Gasteiger partial charge in [-0.25, -0.2) is 4.79 Å². The van der Waals surface area contributed by atoms with Crippen molar-refractivity contribution in [3.05, 3.63) is 64.1 Å². The Labute approximate surface area is 137 Å². The van der Waals surface area contributed by atoms with Crippen molar-refractivity contribution in [2.75, 3.05) is 5.32 Å². The highest BCUT2D eigenvalue weighted by atomic mass is 79.9. The molecule has 0 saturated heterocycles. The fraction of sp³-hybridized carbons (Fsp3) is 0.176. The van der Waals surface area contributed by atoms with Crippen LogP contribution in [0.4, 0.5) is 5.69 Å². The van der Waals surface area contributed by atoms with Gasteiger partial charge in [0.1, 0.15) is 0 Å². The molecule has 2 aromatic carbocycles. The lowest BCUT2D eigenvalue weighted by Gasteiger charge is -2.14. The molecule has 0 fully saturated rings. The summed E-state index contributed by atoms with van der Waals surface area (Å²) in [4.78, 5) is 23.4. The minimum Gasteiger partial charge on any atom is -0.478 e. The fourth-order valence-electron chi connectivity index (χ4n) is 2.10. The summed E-state index contributed by atoms with van der Waals surface area (Å²) >= 11 is 3.37. The molecule has 1 atom stereocenters. The third-order valence-electron chi connectivity index (χ3n) is 3.32. The van der Waals surface area contributed by atoms with Crippen LogP contribution < -0.4 is 5.32 Å². The molecule has 1 unspecified atom stereocenters. The zero-order chi connectivity index (χ0) is 16.1. The number of carboxylic acid groups (broad SMARTS) is 1. The van der Waals surface area contributed by atoms with Gasteiger partial charge in [0.25, 0.3) is 0 Å². The highest BCUT2D eigenvalue weighted by Crippen LogP contribution is 2.18. The van der Waals surface area contributed by atoms with Gasteiger partial charge in [0.2, 0.25) is 5.91 Å². The first-order valence-corrected chi connectivity index (χ1v) is 7.64. The molecule has 4 nitrogen and oxygen atoms in total. The smallest absolute Gasteiger partial charge is 0.337 e. The van der Waals surface area contributed by atoms with Crippen molar-refractivity contribution >= 4 is 33.5 Å². The first-order chi connectivity index (χ1) is 10.5. The van der Waals surface area contributed by atoms with Crippen LogP contribution in [-0.2, 0) is 11.2 Å². The molecule has 0 aliphatic carbocycles. The van der Waals surface area contributed by atoms with Crippen molar-refractivity contribution in [1.82, 2.24) is 0 Å². The molecule has 22 heavy (non-hydrogen) atoms. The zero-order valence-corrected chi connectivity index (χ0v) is 13.6. The number of carboxylic acids is 1. The number of carbonyl (C=O) groups is 2. The molecular weight excluding hydrogens is 346 g/mol. The summed E-state index contributed by atoms with van der Waals surface area (Å²) < 4.78 is 0.990. The van der Waals surface area contributed by atoms with Crippen LogP contribution >= 0.6 is 15.9 Å². The molecule has 0 heterocycles. The lowest BCUT2D eigenvalue weighted by atomic mass is 10.00. The van der Waals surface area contributed by atoms with Gasteiger partial charge >= 0.3 is 5.97 Å². The number of benzene rings is 2. The lowest BCUT2D eigenvalue weighted by Crippen LogP contribution is -2.23. The summed E-state index contributed by atoms with van der Waals surface area (Å²) in [5.41, 5.74) is 1.46. The van der Waals surface area contributed by atoms with Gasteiger partial charge < -0.3 is 10.4 Å². The standard InChI is InChI=1S/C17H16BrNO3/c1-11(10-12-6-8-13(18)9-7-12)16(20)19-15-5-3-2-4-14(15)17(21)22/h2-9,11H,10H2,1H3,(H,19,20)(H,21,22). The average Bonchev–Trinajstić information content (AvgIpc) is 2.49. The summed E-state index contributed by atoms with van der Waals surface area (Å²) in [6, 6.07) is 14.2. The number of para-hydroxylation sites is 1. The third kappa shape index (κ3) is 4.18. The minimum atomic E-state index is -1.06. The highest BCUT2D eigenvalue weighted by molar-refractivity contribution is 9.10. The summed E-state index contributed by atoms with van der Waals surface area (Å²) in [5.74, 6) is -1.52. The molecule has 0 saturated carbocycles. The number of halogens is 1. The first kappa shape index (κ1) is 16.2. The first-order valence-electron chi connectivity index (χ1n) is 6.85. The van der Waals surface area contributed by atoms with Crippen LogP contribution in [0.15, 0.2) is 53.0 Å². The third-order valence-corrected chi connectivity index (χ3v) is 3.85. The molecule has 0 spiro atoms. The largest absolute Gasteiger partial charge is 0.478 e. The fourth-order valence-corrected chi connectivity index (χ4v) is 2.37. The second kappa shape index (κ2) is 7.22. The molecule has 1 amide bonds. The molecule has 2 N–H and O–H groups in total. The van der Waals surface area contributed by atoms with Crippen molar-refractivity contribution in [2.24, 2.45) is 5.92 Å². The van der Waals surface area contributed by atoms with E-state index in [2.05, 4.69) is 21.2 Å². The topological polar surface area (TPSA) is 66.4 Å². The number of aromatic carboxylic acids is 1. The van der Waals surface area contributed by atoms with E-state index < -0.39 is 5.97 Å². The van der Waals surface area contributed by atoms with Gasteiger partial charge in [-0.1, -0.05) is 47.1 Å². The highest BCUT2D eigenvalue weighted by Gasteiger charge is 2.17. The maximum absolute atomic E-state index is 12.2. The summed E-state index contributed by atoms with van der Waals surface area (Å²) in [6.45, 7) is 1.82. The van der Waals surface area contributed by atoms with E-state index >= 15 is 0 Å². The Kier molecular flexibility index (Phi) is 5.33. The predicted molar refractivity (Wildman–Crippen MR) is 89.0 cm³/mol. The minimum absolute atomic E-state index is 0.0895. The molecule has 0 radical (unpaired) electrons. The van der Waals surface area contributed by atoms with Gasteiger partial charge in [-0.15, -0.1) is 0 Å². The van der Waals surface area contributed by atoms with Crippen LogP contribution in [0.25, 0.3) is 0 Å². The number of nitrogens with one attached hydrogen (secondary N) is 1. The Hall–Kier alpha value is -2.14. The van der Waals surface area contributed by atoms with Gasteiger partial charge in [-0.3, -0.25) is 4.79 Å². The number of hydrogen-bond donors (Lipinski definition) is 2. The van der Waals surface area contributed by atoms with E-state index in [-0.39, 0.29) is 17.4 Å². The van der Waals surface area contributed by atoms with E-state index in [4.69, 9.17) is 5.11 Å². The lowest BCUT2D eigenvalue weighted by molar-refractivity contribution is -0.119. The maximum Gasteiger partial charge on any atom is 0.337 e. The van der Waals surface area contributed by atoms with Gasteiger partial charge in [0.15, 0.2) is 0 Å². The number of rotatable bonds is 5. The molecule has 0 aliphatic rings. The maximum atomic E-state index is 12.2. The summed E-state index contributed by atoms with van der Waals surface area (Å²) in [6.07, 6.45) is 0.592. The zero-order valence-electron chi connectivity index (χ0n) is 12.0. The van der Waals surface area contributed by atoms with Gasteiger partial charge in [-0.2, -0.15) is 0 Å². The molecule has 0 bridgehead atoms. The van der Waals surface area contributed by atoms with Crippen LogP contribution in [0.1, 0.15) is 22.8 Å². The van der Waals surface area contributed by atoms with Crippen molar-refractivity contribution in [1.29, 1.82) is 0 Å². The van der Waals surface area contributed by atoms with Crippen LogP contribution in [-0.4, -0.2) is 17.0 Å². The van der Waals surface area contributed by atoms with E-state index in [1.54, 1.807) is 18.2 Å². The van der Waals surface area contributed by atoms with Crippen LogP contribution in [0.3, 0.4) is 0 Å². The van der Waals surface area contributed by atoms with E-state index in [1.807, 2.05) is 31.2 Å². The Bertz CT molecular complexity index is 683. The van der Waals surface area contributed by atoms with Gasteiger partial charge in [-0.05, 0) is 36.2 Å². The van der Waals surface area contributed by atoms with Gasteiger partial charge in [0.05, 0.1) is 11.3 Å². The Balaban J connectivity index is 2.05. The van der Waals surface area contributed by atoms with E-state index in [0.29, 0.717) is 12.1 Å². The molecular formula is C17H16BrNO3. The Morgan fingerprint density at radius 2 is 1.77 bits per heavy atom. The summed E-state index contributed by atoms with van der Waals surface area (Å²) in [5, 5.41) is 11.8. The normalized spacial score (nSPS) is 11.7. The second-order valence-corrected chi connectivity index (χ2v) is 5.99. The van der Waals surface area contributed by atoms with E-state index in [1.165, 1.54) is 6.07 Å². The van der Waals surface area contributed by atoms with E-state index in [9.17, 15) is 9.59 Å². The second-order valence-electron chi connectivity index (χ2n) is 5.07. The van der Waals surface area contributed by atoms with Crippen LogP contribution in [0, 0.1) is 5.92 Å². The van der Waals surface area contributed by atoms with Crippen molar-refractivity contribution in [2.45, 2.75) is 13.3 Å². The van der Waals surface area contributed by atoms with Crippen LogP contribution in [0.5, 0.6) is 0 Å². The number of carbonyl (C=O) groups excluding carboxylic acids is 1. The Morgan fingerprint density at radius 1 is 1.14 bits per heavy atom. The molecule has 0 aliphatic heterocycles. The Morgan fingerprint density at radius 3 is 2.41 bits per heavy atom. The van der Waals surface area contributed by atoms with Crippen molar-refractivity contribution < 1.29 is 14.7 Å². The van der Waals surface area contributed by atoms with Gasteiger partial charge in [0, 0.05) is 10.4 Å². The molecule has 2 aromatic rings. The van der Waals surface area contributed by atoms with Crippen molar-refractivity contribution in [3.63, 3.8) is 0 Å². The molecule has 2 rings (SSSR count). The number of amides is 1. The SMILES string of the molecule is CC(Cc1ccc(Br)cc1)C(=O)Nc1ccccc1C(=O)O. The molecule has 5 heteroatoms. The summed E-state index contributed by atoms with van der Waals surface area (Å²) in [7, 11) is 0. The van der Waals surface area contributed by atoms with E-state index in [0.717, 1.165) is 10.0 Å². The molecule has 114 valence electrons. The van der Waals surface area contributed by atoms with Crippen LogP contribution in [0.2, 0.25) is 0 Å². The average molecular weight is 362 g/mol. The predicted octanol–water partition coefficient (Wildman–Crippen LogP) is 3.96. The monoisotopic (exact) mass is 361 g/mol. The quantitative estimate of drug-likeness (QED) is 0.846. The molecule has 0 aromatic heterocycles. The number of hydrogen-bond acceptors (Lipinski definition) is 2. The van der Waals surface area contributed by atoms with Crippen molar-refractivity contribution in [3.8, 4) is 0 Å².